The van der Waals surface area contributed by atoms with Crippen LogP contribution in [0.15, 0.2) is 51.8 Å². The van der Waals surface area contributed by atoms with Gasteiger partial charge in [-0.3, -0.25) is 4.79 Å². The molecule has 1 amide bonds. The molecule has 0 fully saturated rings. The maximum atomic E-state index is 13.3. The van der Waals surface area contributed by atoms with Gasteiger partial charge in [0.05, 0.1) is 22.7 Å². The Morgan fingerprint density at radius 3 is 2.55 bits per heavy atom. The zero-order chi connectivity index (χ0) is 22.4. The molecule has 1 aromatic heterocycles. The fourth-order valence-corrected chi connectivity index (χ4v) is 5.18. The summed E-state index contributed by atoms with van der Waals surface area (Å²) in [5.74, 6) is 1.39. The Balaban J connectivity index is 1.95. The summed E-state index contributed by atoms with van der Waals surface area (Å²) in [6.45, 7) is 7.69. The predicted molar refractivity (Wildman–Crippen MR) is 133 cm³/mol. The van der Waals surface area contributed by atoms with E-state index in [-0.39, 0.29) is 5.91 Å². The van der Waals surface area contributed by atoms with Crippen LogP contribution in [-0.2, 0) is 12.8 Å². The van der Waals surface area contributed by atoms with Crippen LogP contribution in [0, 0.1) is 0 Å². The Kier molecular flexibility index (Phi) is 8.46. The summed E-state index contributed by atoms with van der Waals surface area (Å²) in [4.78, 5) is 16.8. The average Bonchev–Trinajstić information content (AvgIpc) is 3.06. The maximum Gasteiger partial charge on any atom is 0.253 e. The van der Waals surface area contributed by atoms with Gasteiger partial charge in [0.1, 0.15) is 5.75 Å². The molecule has 1 N–H and O–H groups in total. The van der Waals surface area contributed by atoms with E-state index < -0.39 is 0 Å². The lowest BCUT2D eigenvalue weighted by molar-refractivity contribution is 0.0949. The second kappa shape index (κ2) is 11.1. The van der Waals surface area contributed by atoms with Crippen LogP contribution in [0.25, 0.3) is 10.9 Å². The van der Waals surface area contributed by atoms with Gasteiger partial charge < -0.3 is 19.5 Å². The van der Waals surface area contributed by atoms with Crippen molar-refractivity contribution in [3.05, 3.63) is 58.2 Å². The molecule has 0 radical (unpaired) electrons. The molecule has 0 spiro atoms. The van der Waals surface area contributed by atoms with E-state index in [2.05, 4.69) is 56.7 Å². The number of rotatable bonds is 10. The molecule has 0 aliphatic carbocycles. The van der Waals surface area contributed by atoms with Crippen LogP contribution in [0.3, 0.4) is 0 Å². The SMILES string of the molecule is CCN(CC)CCNC(=O)c1c(CSc2ccccc2)n(C)c2cc(Br)c(OC)cc12. The third-order valence-corrected chi connectivity index (χ3v) is 7.19. The van der Waals surface area contributed by atoms with Gasteiger partial charge in [-0.05, 0) is 53.3 Å². The van der Waals surface area contributed by atoms with Crippen LogP contribution >= 0.6 is 27.7 Å². The topological polar surface area (TPSA) is 46.5 Å². The fraction of sp³-hybridized carbons (Fsp3) is 0.375. The van der Waals surface area contributed by atoms with E-state index >= 15 is 0 Å². The molecule has 166 valence electrons. The Bertz CT molecular complexity index is 1030. The molecule has 31 heavy (non-hydrogen) atoms. The van der Waals surface area contributed by atoms with E-state index in [0.29, 0.717) is 12.3 Å². The average molecular weight is 504 g/mol. The molecule has 0 saturated carbocycles. The molecule has 0 aliphatic rings. The molecule has 0 aliphatic heterocycles. The van der Waals surface area contributed by atoms with Crippen molar-refractivity contribution in [2.24, 2.45) is 7.05 Å². The molecule has 3 rings (SSSR count). The van der Waals surface area contributed by atoms with Crippen molar-refractivity contribution in [2.75, 3.05) is 33.3 Å². The highest BCUT2D eigenvalue weighted by Gasteiger charge is 2.23. The zero-order valence-corrected chi connectivity index (χ0v) is 21.0. The summed E-state index contributed by atoms with van der Waals surface area (Å²) in [5, 5.41) is 4.05. The summed E-state index contributed by atoms with van der Waals surface area (Å²) in [6, 6.07) is 14.2. The normalized spacial score (nSPS) is 11.3. The lowest BCUT2D eigenvalue weighted by Gasteiger charge is -2.18. The Morgan fingerprint density at radius 2 is 1.90 bits per heavy atom. The highest BCUT2D eigenvalue weighted by atomic mass is 79.9. The van der Waals surface area contributed by atoms with E-state index in [9.17, 15) is 4.79 Å². The van der Waals surface area contributed by atoms with Crippen LogP contribution in [0.2, 0.25) is 0 Å². The van der Waals surface area contributed by atoms with Crippen molar-refractivity contribution in [1.82, 2.24) is 14.8 Å². The number of ether oxygens (including phenoxy) is 1. The summed E-state index contributed by atoms with van der Waals surface area (Å²) >= 11 is 5.31. The molecule has 0 saturated heterocycles. The van der Waals surface area contributed by atoms with Gasteiger partial charge in [-0.1, -0.05) is 32.0 Å². The van der Waals surface area contributed by atoms with E-state index in [1.165, 1.54) is 4.90 Å². The summed E-state index contributed by atoms with van der Waals surface area (Å²) in [6.07, 6.45) is 0. The Hall–Kier alpha value is -1.96. The largest absolute Gasteiger partial charge is 0.496 e. The minimum absolute atomic E-state index is 0.0363. The van der Waals surface area contributed by atoms with E-state index in [0.717, 1.165) is 52.0 Å². The van der Waals surface area contributed by atoms with Crippen LogP contribution in [0.4, 0.5) is 0 Å². The van der Waals surface area contributed by atoms with E-state index in [4.69, 9.17) is 4.74 Å². The number of aryl methyl sites for hydroxylation is 1. The second-order valence-corrected chi connectivity index (χ2v) is 9.17. The first-order valence-corrected chi connectivity index (χ1v) is 12.3. The summed E-state index contributed by atoms with van der Waals surface area (Å²) < 4.78 is 8.50. The monoisotopic (exact) mass is 503 g/mol. The number of nitrogens with one attached hydrogen (secondary N) is 1. The Morgan fingerprint density at radius 1 is 1.19 bits per heavy atom. The Labute approximate surface area is 197 Å². The minimum Gasteiger partial charge on any atom is -0.496 e. The molecule has 3 aromatic rings. The van der Waals surface area contributed by atoms with Gasteiger partial charge in [0.2, 0.25) is 0 Å². The first kappa shape index (κ1) is 23.7. The molecule has 1 heterocycles. The third-order valence-electron chi connectivity index (χ3n) is 5.55. The second-order valence-electron chi connectivity index (χ2n) is 7.27. The van der Waals surface area contributed by atoms with Gasteiger partial charge in [0.25, 0.3) is 5.91 Å². The highest BCUT2D eigenvalue weighted by molar-refractivity contribution is 9.10. The number of carbonyl (C=O) groups is 1. The first-order chi connectivity index (χ1) is 15.0. The zero-order valence-electron chi connectivity index (χ0n) is 18.6. The molecular formula is C24H30BrN3O2S. The number of aromatic nitrogens is 1. The van der Waals surface area contributed by atoms with Crippen molar-refractivity contribution < 1.29 is 9.53 Å². The van der Waals surface area contributed by atoms with Gasteiger partial charge in [0, 0.05) is 41.9 Å². The molecule has 7 heteroatoms. The van der Waals surface area contributed by atoms with Crippen molar-refractivity contribution in [3.8, 4) is 5.75 Å². The summed E-state index contributed by atoms with van der Waals surface area (Å²) in [7, 11) is 3.67. The smallest absolute Gasteiger partial charge is 0.253 e. The molecule has 0 atom stereocenters. The van der Waals surface area contributed by atoms with Gasteiger partial charge in [-0.2, -0.15) is 0 Å². The van der Waals surface area contributed by atoms with Crippen LogP contribution in [0.5, 0.6) is 5.75 Å². The molecular weight excluding hydrogens is 474 g/mol. The van der Waals surface area contributed by atoms with Crippen molar-refractivity contribution >= 4 is 44.5 Å². The van der Waals surface area contributed by atoms with Crippen LogP contribution in [-0.4, -0.2) is 48.7 Å². The standard InChI is InChI=1S/C24H30BrN3O2S/c1-5-28(6-2)13-12-26-24(29)23-18-14-22(30-4)19(25)15-20(18)27(3)21(23)16-31-17-10-8-7-9-11-17/h7-11,14-15H,5-6,12-13,16H2,1-4H3,(H,26,29). The van der Waals surface area contributed by atoms with Gasteiger partial charge in [0.15, 0.2) is 0 Å². The number of thioether (sulfide) groups is 1. The van der Waals surface area contributed by atoms with Gasteiger partial charge in [-0.25, -0.2) is 0 Å². The molecule has 0 bridgehead atoms. The number of hydrogen-bond donors (Lipinski definition) is 1. The molecule has 5 nitrogen and oxygen atoms in total. The lowest BCUT2D eigenvalue weighted by atomic mass is 10.1. The first-order valence-electron chi connectivity index (χ1n) is 10.5. The minimum atomic E-state index is -0.0363. The number of nitrogens with zero attached hydrogens (tertiary/aromatic N) is 2. The predicted octanol–water partition coefficient (Wildman–Crippen LogP) is 5.31. The highest BCUT2D eigenvalue weighted by Crippen LogP contribution is 2.36. The summed E-state index contributed by atoms with van der Waals surface area (Å²) in [5.41, 5.74) is 2.74. The number of carbonyl (C=O) groups excluding carboxylic acids is 1. The van der Waals surface area contributed by atoms with Crippen molar-refractivity contribution in [3.63, 3.8) is 0 Å². The number of methoxy groups -OCH3 is 1. The number of fused-ring (bicyclic) bond motifs is 1. The number of halogens is 1. The maximum absolute atomic E-state index is 13.3. The van der Waals surface area contributed by atoms with Crippen molar-refractivity contribution in [2.45, 2.75) is 24.5 Å². The lowest BCUT2D eigenvalue weighted by Crippen LogP contribution is -2.35. The third kappa shape index (κ3) is 5.45. The number of benzene rings is 2. The number of hydrogen-bond acceptors (Lipinski definition) is 4. The van der Waals surface area contributed by atoms with Gasteiger partial charge in [-0.15, -0.1) is 11.8 Å². The van der Waals surface area contributed by atoms with Crippen LogP contribution < -0.4 is 10.1 Å². The van der Waals surface area contributed by atoms with Gasteiger partial charge >= 0.3 is 0 Å². The van der Waals surface area contributed by atoms with Crippen LogP contribution in [0.1, 0.15) is 29.9 Å². The fourth-order valence-electron chi connectivity index (χ4n) is 3.69. The van der Waals surface area contributed by atoms with E-state index in [1.54, 1.807) is 18.9 Å². The quantitative estimate of drug-likeness (QED) is 0.380. The molecule has 2 aromatic carbocycles. The number of amides is 1. The number of likely N-dealkylation sites (N-methyl/N-ethyl adjacent to an activating group) is 1. The van der Waals surface area contributed by atoms with E-state index in [1.807, 2.05) is 37.4 Å². The molecule has 0 unspecified atom stereocenters. The van der Waals surface area contributed by atoms with Crippen molar-refractivity contribution in [1.29, 1.82) is 0 Å².